The van der Waals surface area contributed by atoms with Crippen LogP contribution in [0.4, 0.5) is 19.0 Å². The van der Waals surface area contributed by atoms with E-state index < -0.39 is 17.4 Å². The SMILES string of the molecule is CNc1cc(-c2cc(-c3cccnc3C(F)(F)F)[nH]c(=O)c2)ccn1. The molecule has 8 heteroatoms. The second-order valence-corrected chi connectivity index (χ2v) is 5.22. The number of anilines is 1. The lowest BCUT2D eigenvalue weighted by molar-refractivity contribution is -0.140. The standard InChI is InChI=1S/C17H13F3N4O/c1-21-14-8-10(4-6-22-14)11-7-13(24-15(25)9-11)12-3-2-5-23-16(12)17(18,19)20/h2-9H,1H3,(H,21,22)(H,24,25). The van der Waals surface area contributed by atoms with Gasteiger partial charge in [-0.1, -0.05) is 0 Å². The molecular weight excluding hydrogens is 333 g/mol. The van der Waals surface area contributed by atoms with Crippen LogP contribution >= 0.6 is 0 Å². The lowest BCUT2D eigenvalue weighted by Crippen LogP contribution is -2.12. The van der Waals surface area contributed by atoms with Crippen LogP contribution in [0.5, 0.6) is 0 Å². The molecule has 0 aliphatic rings. The van der Waals surface area contributed by atoms with Gasteiger partial charge in [-0.3, -0.25) is 9.78 Å². The van der Waals surface area contributed by atoms with Gasteiger partial charge in [-0.2, -0.15) is 13.2 Å². The lowest BCUT2D eigenvalue weighted by Gasteiger charge is -2.12. The minimum absolute atomic E-state index is 0.0470. The molecule has 5 nitrogen and oxygen atoms in total. The van der Waals surface area contributed by atoms with E-state index in [9.17, 15) is 18.0 Å². The average molecular weight is 346 g/mol. The molecule has 0 spiro atoms. The Bertz CT molecular complexity index is 966. The van der Waals surface area contributed by atoms with Crippen molar-refractivity contribution >= 4 is 5.82 Å². The Morgan fingerprint density at radius 1 is 1.04 bits per heavy atom. The summed E-state index contributed by atoms with van der Waals surface area (Å²) in [5.41, 5.74) is -0.554. The molecule has 0 unspecified atom stereocenters. The largest absolute Gasteiger partial charge is 0.434 e. The summed E-state index contributed by atoms with van der Waals surface area (Å²) < 4.78 is 39.6. The number of halogens is 3. The quantitative estimate of drug-likeness (QED) is 0.761. The van der Waals surface area contributed by atoms with E-state index in [0.29, 0.717) is 16.9 Å². The van der Waals surface area contributed by atoms with E-state index in [-0.39, 0.29) is 11.3 Å². The second kappa shape index (κ2) is 6.39. The van der Waals surface area contributed by atoms with E-state index in [0.717, 1.165) is 6.20 Å². The fraction of sp³-hybridized carbons (Fsp3) is 0.118. The van der Waals surface area contributed by atoms with Crippen molar-refractivity contribution in [2.75, 3.05) is 12.4 Å². The van der Waals surface area contributed by atoms with Gasteiger partial charge in [0.2, 0.25) is 5.56 Å². The Morgan fingerprint density at radius 2 is 1.84 bits per heavy atom. The Balaban J connectivity index is 2.17. The first-order valence-corrected chi connectivity index (χ1v) is 7.29. The molecule has 0 bridgehead atoms. The van der Waals surface area contributed by atoms with Crippen LogP contribution in [0.1, 0.15) is 5.69 Å². The highest BCUT2D eigenvalue weighted by Crippen LogP contribution is 2.35. The van der Waals surface area contributed by atoms with Crippen LogP contribution in [0.15, 0.2) is 53.6 Å². The van der Waals surface area contributed by atoms with Gasteiger partial charge in [0, 0.05) is 31.1 Å². The molecule has 0 atom stereocenters. The third-order valence-corrected chi connectivity index (χ3v) is 3.56. The molecule has 0 aliphatic heterocycles. The van der Waals surface area contributed by atoms with E-state index in [1.54, 1.807) is 25.4 Å². The van der Waals surface area contributed by atoms with Crippen LogP contribution in [-0.2, 0) is 6.18 Å². The van der Waals surface area contributed by atoms with Crippen molar-refractivity contribution < 1.29 is 13.2 Å². The van der Waals surface area contributed by atoms with Crippen LogP contribution in [0.2, 0.25) is 0 Å². The number of nitrogens with zero attached hydrogens (tertiary/aromatic N) is 2. The molecule has 0 saturated carbocycles. The van der Waals surface area contributed by atoms with Gasteiger partial charge >= 0.3 is 6.18 Å². The molecule has 0 amide bonds. The van der Waals surface area contributed by atoms with Crippen LogP contribution in [0.3, 0.4) is 0 Å². The predicted molar refractivity (Wildman–Crippen MR) is 88.1 cm³/mol. The Labute approximate surface area is 140 Å². The number of aromatic nitrogens is 3. The molecule has 0 aliphatic carbocycles. The van der Waals surface area contributed by atoms with Gasteiger partial charge in [0.25, 0.3) is 0 Å². The van der Waals surface area contributed by atoms with Crippen molar-refractivity contribution in [1.82, 2.24) is 15.0 Å². The van der Waals surface area contributed by atoms with E-state index >= 15 is 0 Å². The van der Waals surface area contributed by atoms with Crippen LogP contribution < -0.4 is 10.9 Å². The monoisotopic (exact) mass is 346 g/mol. The highest BCUT2D eigenvalue weighted by Gasteiger charge is 2.35. The summed E-state index contributed by atoms with van der Waals surface area (Å²) in [5, 5.41) is 2.87. The van der Waals surface area contributed by atoms with Crippen molar-refractivity contribution in [2.45, 2.75) is 6.18 Å². The maximum absolute atomic E-state index is 13.2. The topological polar surface area (TPSA) is 70.7 Å². The lowest BCUT2D eigenvalue weighted by atomic mass is 10.0. The first-order valence-electron chi connectivity index (χ1n) is 7.29. The van der Waals surface area contributed by atoms with E-state index in [2.05, 4.69) is 20.3 Å². The highest BCUT2D eigenvalue weighted by molar-refractivity contribution is 5.72. The third-order valence-electron chi connectivity index (χ3n) is 3.56. The number of aromatic amines is 1. The summed E-state index contributed by atoms with van der Waals surface area (Å²) >= 11 is 0. The van der Waals surface area contributed by atoms with Crippen LogP contribution in [0.25, 0.3) is 22.4 Å². The molecular formula is C17H13F3N4O. The number of H-pyrrole nitrogens is 1. The number of rotatable bonds is 3. The zero-order valence-corrected chi connectivity index (χ0v) is 13.1. The molecule has 0 fully saturated rings. The summed E-state index contributed by atoms with van der Waals surface area (Å²) in [4.78, 5) is 21.9. The summed E-state index contributed by atoms with van der Waals surface area (Å²) in [6, 6.07) is 8.85. The van der Waals surface area contributed by atoms with Gasteiger partial charge in [-0.05, 0) is 41.5 Å². The Hall–Kier alpha value is -3.16. The van der Waals surface area contributed by atoms with Crippen molar-refractivity contribution in [1.29, 1.82) is 0 Å². The van der Waals surface area contributed by atoms with Crippen molar-refractivity contribution in [3.8, 4) is 22.4 Å². The molecule has 3 heterocycles. The predicted octanol–water partition coefficient (Wildman–Crippen LogP) is 3.56. The molecule has 128 valence electrons. The Morgan fingerprint density at radius 3 is 2.56 bits per heavy atom. The number of pyridine rings is 3. The summed E-state index contributed by atoms with van der Waals surface area (Å²) in [6.07, 6.45) is -2.01. The molecule has 0 saturated heterocycles. The van der Waals surface area contributed by atoms with Crippen molar-refractivity contribution in [3.63, 3.8) is 0 Å². The smallest absolute Gasteiger partial charge is 0.373 e. The first-order chi connectivity index (χ1) is 11.9. The average Bonchev–Trinajstić information content (AvgIpc) is 2.60. The van der Waals surface area contributed by atoms with Gasteiger partial charge < -0.3 is 10.3 Å². The number of hydrogen-bond acceptors (Lipinski definition) is 4. The molecule has 3 aromatic heterocycles. The van der Waals surface area contributed by atoms with E-state index in [1.165, 1.54) is 24.3 Å². The summed E-state index contributed by atoms with van der Waals surface area (Å²) in [5.74, 6) is 0.580. The maximum Gasteiger partial charge on any atom is 0.434 e. The normalized spacial score (nSPS) is 11.4. The number of hydrogen-bond donors (Lipinski definition) is 2. The zero-order chi connectivity index (χ0) is 18.0. The van der Waals surface area contributed by atoms with E-state index in [1.807, 2.05) is 0 Å². The van der Waals surface area contributed by atoms with E-state index in [4.69, 9.17) is 0 Å². The molecule has 25 heavy (non-hydrogen) atoms. The van der Waals surface area contributed by atoms with Gasteiger partial charge in [0.05, 0.1) is 5.69 Å². The van der Waals surface area contributed by atoms with Crippen molar-refractivity contribution in [2.24, 2.45) is 0 Å². The Kier molecular flexibility index (Phi) is 4.26. The first kappa shape index (κ1) is 16.7. The molecule has 0 radical (unpaired) electrons. The number of alkyl halides is 3. The molecule has 3 rings (SSSR count). The zero-order valence-electron chi connectivity index (χ0n) is 13.1. The fourth-order valence-corrected chi connectivity index (χ4v) is 2.45. The maximum atomic E-state index is 13.2. The van der Waals surface area contributed by atoms with Gasteiger partial charge in [-0.25, -0.2) is 4.98 Å². The minimum atomic E-state index is -4.63. The third kappa shape index (κ3) is 3.52. The van der Waals surface area contributed by atoms with Crippen LogP contribution in [0, 0.1) is 0 Å². The minimum Gasteiger partial charge on any atom is -0.373 e. The van der Waals surface area contributed by atoms with Gasteiger partial charge in [0.15, 0.2) is 5.69 Å². The molecule has 0 aromatic carbocycles. The summed E-state index contributed by atoms with van der Waals surface area (Å²) in [6.45, 7) is 0. The van der Waals surface area contributed by atoms with Crippen LogP contribution in [-0.4, -0.2) is 22.0 Å². The summed E-state index contributed by atoms with van der Waals surface area (Å²) in [7, 11) is 1.70. The molecule has 3 aromatic rings. The molecule has 2 N–H and O–H groups in total. The highest BCUT2D eigenvalue weighted by atomic mass is 19.4. The fourth-order valence-electron chi connectivity index (χ4n) is 2.45. The second-order valence-electron chi connectivity index (χ2n) is 5.22. The van der Waals surface area contributed by atoms with Gasteiger partial charge in [0.1, 0.15) is 5.82 Å². The van der Waals surface area contributed by atoms with Crippen molar-refractivity contribution in [3.05, 3.63) is 64.8 Å². The van der Waals surface area contributed by atoms with Gasteiger partial charge in [-0.15, -0.1) is 0 Å². The number of nitrogens with one attached hydrogen (secondary N) is 2.